The van der Waals surface area contributed by atoms with E-state index in [2.05, 4.69) is 17.2 Å². The lowest BCUT2D eigenvalue weighted by Crippen LogP contribution is -2.28. The first-order chi connectivity index (χ1) is 15.0. The molecule has 0 saturated carbocycles. The first-order valence-corrected chi connectivity index (χ1v) is 10.3. The van der Waals surface area contributed by atoms with Crippen molar-refractivity contribution in [1.82, 2.24) is 19.6 Å². The largest absolute Gasteiger partial charge is 0.425 e. The predicted octanol–water partition coefficient (Wildman–Crippen LogP) is 3.03. The number of hydrogen-bond donors (Lipinski definition) is 3. The van der Waals surface area contributed by atoms with Gasteiger partial charge in [-0.25, -0.2) is 9.37 Å². The lowest BCUT2D eigenvalue weighted by molar-refractivity contribution is 0.176. The molecule has 31 heavy (non-hydrogen) atoms. The minimum absolute atomic E-state index is 0.112. The summed E-state index contributed by atoms with van der Waals surface area (Å²) in [7, 11) is 0. The molecule has 0 fully saturated rings. The average molecular weight is 424 g/mol. The second kappa shape index (κ2) is 8.87. The van der Waals surface area contributed by atoms with E-state index in [9.17, 15) is 19.5 Å². The van der Waals surface area contributed by atoms with Gasteiger partial charge in [0.05, 0.1) is 11.7 Å². The zero-order valence-corrected chi connectivity index (χ0v) is 17.3. The van der Waals surface area contributed by atoms with Crippen LogP contribution in [0.5, 0.6) is 0 Å². The van der Waals surface area contributed by atoms with Gasteiger partial charge in [-0.05, 0) is 42.2 Å². The van der Waals surface area contributed by atoms with Crippen molar-refractivity contribution in [1.29, 1.82) is 0 Å². The van der Waals surface area contributed by atoms with Gasteiger partial charge in [0.2, 0.25) is 0 Å². The Hall–Kier alpha value is -3.23. The lowest BCUT2D eigenvalue weighted by Gasteiger charge is -2.15. The zero-order chi connectivity index (χ0) is 22.0. The van der Waals surface area contributed by atoms with Crippen molar-refractivity contribution in [3.63, 3.8) is 0 Å². The van der Waals surface area contributed by atoms with Crippen molar-refractivity contribution in [2.45, 2.75) is 38.9 Å². The van der Waals surface area contributed by atoms with Gasteiger partial charge in [-0.2, -0.15) is 4.73 Å². The topological polar surface area (TPSA) is 92.3 Å². The van der Waals surface area contributed by atoms with Gasteiger partial charge in [-0.3, -0.25) is 4.79 Å². The Labute approximate surface area is 178 Å². The van der Waals surface area contributed by atoms with Crippen LogP contribution in [0.25, 0.3) is 21.8 Å². The van der Waals surface area contributed by atoms with Gasteiger partial charge in [-0.15, -0.1) is 0 Å². The Kier molecular flexibility index (Phi) is 6.01. The van der Waals surface area contributed by atoms with Gasteiger partial charge < -0.3 is 20.2 Å². The molecule has 0 bridgehead atoms. The van der Waals surface area contributed by atoms with E-state index in [1.54, 1.807) is 24.4 Å². The van der Waals surface area contributed by atoms with Gasteiger partial charge in [0.25, 0.3) is 0 Å². The van der Waals surface area contributed by atoms with Crippen LogP contribution < -0.4 is 10.9 Å². The Bertz CT molecular complexity index is 1260. The summed E-state index contributed by atoms with van der Waals surface area (Å²) in [6.07, 6.45) is 6.50. The molecule has 0 aliphatic rings. The highest BCUT2D eigenvalue weighted by atomic mass is 19.1. The maximum atomic E-state index is 13.3. The maximum Gasteiger partial charge on any atom is 0.309 e. The standard InChI is InChI=1S/C23H25FN4O3/c1-2-18(8-10-29)25-11-16-14-27(13-15-3-5-17(24)6-4-15)20-12-26-22-19(21(16)20)7-9-28(31)23(22)30/h3-7,9,12,14,18,25,29,31H,2,8,10-11,13H2,1H3. The zero-order valence-electron chi connectivity index (χ0n) is 17.3. The molecule has 1 unspecified atom stereocenters. The third-order valence-corrected chi connectivity index (χ3v) is 5.65. The summed E-state index contributed by atoms with van der Waals surface area (Å²) in [4.78, 5) is 16.7. The van der Waals surface area contributed by atoms with Crippen LogP contribution in [0.3, 0.4) is 0 Å². The second-order valence-corrected chi connectivity index (χ2v) is 7.65. The van der Waals surface area contributed by atoms with Crippen molar-refractivity contribution in [3.05, 3.63) is 76.2 Å². The number of aromatic nitrogens is 3. The predicted molar refractivity (Wildman–Crippen MR) is 117 cm³/mol. The van der Waals surface area contributed by atoms with E-state index in [1.807, 2.05) is 10.8 Å². The number of pyridine rings is 2. The molecule has 0 spiro atoms. The number of rotatable bonds is 8. The molecule has 4 rings (SSSR count). The first-order valence-electron chi connectivity index (χ1n) is 10.3. The maximum absolute atomic E-state index is 13.3. The fraction of sp³-hybridized carbons (Fsp3) is 0.304. The highest BCUT2D eigenvalue weighted by molar-refractivity contribution is 6.06. The summed E-state index contributed by atoms with van der Waals surface area (Å²) in [5.41, 5.74) is 2.39. The number of halogens is 1. The van der Waals surface area contributed by atoms with Crippen LogP contribution in [0.15, 0.2) is 53.7 Å². The molecule has 0 aliphatic heterocycles. The SMILES string of the molecule is CCC(CCO)NCc1cn(Cc2ccc(F)cc2)c2cnc3c(=O)n(O)ccc3c12. The number of nitrogens with zero attached hydrogens (tertiary/aromatic N) is 3. The summed E-state index contributed by atoms with van der Waals surface area (Å²) in [5, 5.41) is 24.1. The Morgan fingerprint density at radius 1 is 1.23 bits per heavy atom. The highest BCUT2D eigenvalue weighted by Gasteiger charge is 2.16. The summed E-state index contributed by atoms with van der Waals surface area (Å²) >= 11 is 0. The van der Waals surface area contributed by atoms with Crippen molar-refractivity contribution in [3.8, 4) is 0 Å². The van der Waals surface area contributed by atoms with Crippen molar-refractivity contribution < 1.29 is 14.7 Å². The fourth-order valence-corrected chi connectivity index (χ4v) is 3.96. The van der Waals surface area contributed by atoms with Crippen LogP contribution in [-0.4, -0.2) is 37.2 Å². The van der Waals surface area contributed by atoms with E-state index in [4.69, 9.17) is 0 Å². The summed E-state index contributed by atoms with van der Waals surface area (Å²) in [6, 6.07) is 8.20. The number of aliphatic hydroxyl groups is 1. The molecule has 3 aromatic heterocycles. The number of hydrogen-bond acceptors (Lipinski definition) is 5. The molecule has 0 aliphatic carbocycles. The molecule has 0 radical (unpaired) electrons. The van der Waals surface area contributed by atoms with Gasteiger partial charge in [0.15, 0.2) is 0 Å². The van der Waals surface area contributed by atoms with Crippen molar-refractivity contribution in [2.24, 2.45) is 0 Å². The van der Waals surface area contributed by atoms with Gasteiger partial charge in [0, 0.05) is 48.9 Å². The normalized spacial score (nSPS) is 12.6. The van der Waals surface area contributed by atoms with E-state index in [0.29, 0.717) is 29.6 Å². The Balaban J connectivity index is 1.82. The molecule has 0 saturated heterocycles. The number of fused-ring (bicyclic) bond motifs is 3. The molecule has 7 nitrogen and oxygen atoms in total. The van der Waals surface area contributed by atoms with Crippen LogP contribution in [0.1, 0.15) is 30.9 Å². The Morgan fingerprint density at radius 3 is 2.71 bits per heavy atom. The number of nitrogens with one attached hydrogen (secondary N) is 1. The molecule has 1 atom stereocenters. The smallest absolute Gasteiger partial charge is 0.309 e. The molecule has 0 amide bonds. The van der Waals surface area contributed by atoms with E-state index in [-0.39, 0.29) is 24.0 Å². The van der Waals surface area contributed by atoms with Gasteiger partial charge in [0.1, 0.15) is 11.3 Å². The highest BCUT2D eigenvalue weighted by Crippen LogP contribution is 2.28. The van der Waals surface area contributed by atoms with Crippen LogP contribution in [0.4, 0.5) is 4.39 Å². The van der Waals surface area contributed by atoms with Crippen LogP contribution in [0, 0.1) is 5.82 Å². The quantitative estimate of drug-likeness (QED) is 0.378. The lowest BCUT2D eigenvalue weighted by atomic mass is 10.1. The van der Waals surface area contributed by atoms with Crippen molar-refractivity contribution in [2.75, 3.05) is 6.61 Å². The van der Waals surface area contributed by atoms with Crippen LogP contribution in [-0.2, 0) is 13.1 Å². The molecule has 3 heterocycles. The third-order valence-electron chi connectivity index (χ3n) is 5.65. The van der Waals surface area contributed by atoms with Gasteiger partial charge in [-0.1, -0.05) is 19.1 Å². The average Bonchev–Trinajstić information content (AvgIpc) is 3.13. The molecular weight excluding hydrogens is 399 g/mol. The molecule has 162 valence electrons. The molecule has 3 N–H and O–H groups in total. The number of aliphatic hydroxyl groups excluding tert-OH is 1. The molecular formula is C23H25FN4O3. The minimum atomic E-state index is -0.573. The summed E-state index contributed by atoms with van der Waals surface area (Å²) in [5.74, 6) is -0.284. The molecule has 4 aromatic rings. The molecule has 8 heteroatoms. The monoisotopic (exact) mass is 424 g/mol. The van der Waals surface area contributed by atoms with E-state index < -0.39 is 5.56 Å². The minimum Gasteiger partial charge on any atom is -0.425 e. The van der Waals surface area contributed by atoms with E-state index in [0.717, 1.165) is 28.5 Å². The van der Waals surface area contributed by atoms with Crippen LogP contribution in [0.2, 0.25) is 0 Å². The van der Waals surface area contributed by atoms with Crippen LogP contribution >= 0.6 is 0 Å². The third kappa shape index (κ3) is 4.17. The first kappa shape index (κ1) is 21.0. The van der Waals surface area contributed by atoms with E-state index in [1.165, 1.54) is 18.3 Å². The Morgan fingerprint density at radius 2 is 2.00 bits per heavy atom. The molecule has 1 aromatic carbocycles. The fourth-order valence-electron chi connectivity index (χ4n) is 3.96. The summed E-state index contributed by atoms with van der Waals surface area (Å²) < 4.78 is 15.9. The van der Waals surface area contributed by atoms with E-state index >= 15 is 0 Å². The second-order valence-electron chi connectivity index (χ2n) is 7.65. The van der Waals surface area contributed by atoms with Crippen molar-refractivity contribution >= 4 is 21.8 Å². The van der Waals surface area contributed by atoms with Gasteiger partial charge >= 0.3 is 5.56 Å². The number of benzene rings is 1. The summed E-state index contributed by atoms with van der Waals surface area (Å²) in [6.45, 7) is 3.25.